The number of aryl methyl sites for hydroxylation is 1. The topological polar surface area (TPSA) is 0 Å². The molecule has 1 rings (SSSR count). The largest absolute Gasteiger partial charge is 0.0961 e. The molecule has 0 aliphatic rings. The third kappa shape index (κ3) is 3.90. The molecule has 0 atom stereocenters. The maximum absolute atomic E-state index is 3.79. The molecule has 0 aliphatic heterocycles. The fourth-order valence-corrected chi connectivity index (χ4v) is 1.06. The van der Waals surface area contributed by atoms with E-state index in [1.165, 1.54) is 11.1 Å². The van der Waals surface area contributed by atoms with Crippen molar-refractivity contribution in [3.05, 3.63) is 65.8 Å². The van der Waals surface area contributed by atoms with Crippen molar-refractivity contribution in [2.75, 3.05) is 0 Å². The van der Waals surface area contributed by atoms with Crippen molar-refractivity contribution < 1.29 is 0 Å². The van der Waals surface area contributed by atoms with Gasteiger partial charge in [-0.25, -0.2) is 0 Å². The number of rotatable bonds is 3. The Morgan fingerprint density at radius 1 is 1.14 bits per heavy atom. The second-order valence-electron chi connectivity index (χ2n) is 3.48. The van der Waals surface area contributed by atoms with E-state index in [1.807, 2.05) is 25.2 Å². The van der Waals surface area contributed by atoms with Gasteiger partial charge < -0.3 is 0 Å². The first-order valence-electron chi connectivity index (χ1n) is 4.75. The van der Waals surface area contributed by atoms with Gasteiger partial charge in [-0.05, 0) is 19.4 Å². The number of hydrogen-bond donors (Lipinski definition) is 0. The molecular formula is C14H16. The van der Waals surface area contributed by atoms with Crippen LogP contribution in [0.4, 0.5) is 0 Å². The Morgan fingerprint density at radius 2 is 1.79 bits per heavy atom. The molecule has 0 spiro atoms. The molecule has 14 heavy (non-hydrogen) atoms. The summed E-state index contributed by atoms with van der Waals surface area (Å²) in [6.07, 6.45) is 8.10. The third-order valence-corrected chi connectivity index (χ3v) is 1.86. The summed E-state index contributed by atoms with van der Waals surface area (Å²) in [5, 5.41) is 0. The number of benzene rings is 1. The predicted octanol–water partition coefficient (Wildman–Crippen LogP) is 4.14. The van der Waals surface area contributed by atoms with E-state index in [9.17, 15) is 0 Å². The molecule has 72 valence electrons. The molecule has 0 fully saturated rings. The maximum Gasteiger partial charge on any atom is -0.0256 e. The Kier molecular flexibility index (Phi) is 3.93. The van der Waals surface area contributed by atoms with Crippen LogP contribution >= 0.6 is 0 Å². The van der Waals surface area contributed by atoms with E-state index in [2.05, 4.69) is 43.8 Å². The van der Waals surface area contributed by atoms with Crippen molar-refractivity contribution in [3.63, 3.8) is 0 Å². The molecule has 0 bridgehead atoms. The Balaban J connectivity index is 2.60. The fourth-order valence-electron chi connectivity index (χ4n) is 1.06. The lowest BCUT2D eigenvalue weighted by atomic mass is 10.1. The summed E-state index contributed by atoms with van der Waals surface area (Å²) in [7, 11) is 0. The summed E-state index contributed by atoms with van der Waals surface area (Å²) in [6.45, 7) is 7.86. The minimum Gasteiger partial charge on any atom is -0.0961 e. The second-order valence-corrected chi connectivity index (χ2v) is 3.48. The molecule has 0 N–H and O–H groups in total. The molecule has 1 aromatic carbocycles. The lowest BCUT2D eigenvalue weighted by molar-refractivity contribution is 1.46. The van der Waals surface area contributed by atoms with Gasteiger partial charge in [-0.1, -0.05) is 66.3 Å². The highest BCUT2D eigenvalue weighted by Gasteiger charge is 1.84. The van der Waals surface area contributed by atoms with E-state index in [0.29, 0.717) is 0 Å². The first kappa shape index (κ1) is 10.5. The molecule has 1 aromatic rings. The van der Waals surface area contributed by atoms with Gasteiger partial charge in [-0.3, -0.25) is 0 Å². The summed E-state index contributed by atoms with van der Waals surface area (Å²) in [5.41, 5.74) is 3.58. The molecule has 0 heterocycles. The van der Waals surface area contributed by atoms with Crippen LogP contribution in [0, 0.1) is 6.92 Å². The van der Waals surface area contributed by atoms with Crippen LogP contribution in [0.2, 0.25) is 0 Å². The zero-order valence-corrected chi connectivity index (χ0v) is 8.83. The maximum atomic E-state index is 3.79. The zero-order chi connectivity index (χ0) is 10.4. The summed E-state index contributed by atoms with van der Waals surface area (Å²) >= 11 is 0. The molecule has 0 nitrogen and oxygen atoms in total. The zero-order valence-electron chi connectivity index (χ0n) is 8.83. The molecular weight excluding hydrogens is 168 g/mol. The van der Waals surface area contributed by atoms with E-state index < -0.39 is 0 Å². The van der Waals surface area contributed by atoms with Crippen LogP contribution in [0.1, 0.15) is 18.1 Å². The van der Waals surface area contributed by atoms with Crippen molar-refractivity contribution in [2.45, 2.75) is 13.8 Å². The monoisotopic (exact) mass is 184 g/mol. The fraction of sp³-hybridized carbons (Fsp3) is 0.143. The van der Waals surface area contributed by atoms with Gasteiger partial charge >= 0.3 is 0 Å². The van der Waals surface area contributed by atoms with Gasteiger partial charge in [0.1, 0.15) is 0 Å². The first-order valence-corrected chi connectivity index (χ1v) is 4.75. The van der Waals surface area contributed by atoms with E-state index in [1.54, 1.807) is 0 Å². The lowest BCUT2D eigenvalue weighted by Gasteiger charge is -1.93. The van der Waals surface area contributed by atoms with Gasteiger partial charge in [0.2, 0.25) is 0 Å². The standard InChI is InChI=1S/C14H16/c1-12(2)6-4-5-7-14-10-8-13(3)9-11-14/h4-11H,1H2,2-3H3/b6-4+,7-5+. The van der Waals surface area contributed by atoms with Gasteiger partial charge in [-0.2, -0.15) is 0 Å². The molecule has 0 amide bonds. The van der Waals surface area contributed by atoms with E-state index in [-0.39, 0.29) is 0 Å². The highest BCUT2D eigenvalue weighted by atomic mass is 13.9. The minimum atomic E-state index is 1.07. The van der Waals surface area contributed by atoms with Gasteiger partial charge in [0.05, 0.1) is 0 Å². The molecule has 0 saturated carbocycles. The minimum absolute atomic E-state index is 1.07. The normalized spacial score (nSPS) is 11.3. The van der Waals surface area contributed by atoms with Gasteiger partial charge in [0.15, 0.2) is 0 Å². The van der Waals surface area contributed by atoms with Crippen molar-refractivity contribution in [3.8, 4) is 0 Å². The van der Waals surface area contributed by atoms with Crippen LogP contribution in [0.5, 0.6) is 0 Å². The Bertz CT molecular complexity index is 350. The molecule has 0 saturated heterocycles. The van der Waals surface area contributed by atoms with Gasteiger partial charge in [-0.15, -0.1) is 0 Å². The summed E-state index contributed by atoms with van der Waals surface area (Å²) < 4.78 is 0. The highest BCUT2D eigenvalue weighted by Crippen LogP contribution is 2.05. The third-order valence-electron chi connectivity index (χ3n) is 1.86. The van der Waals surface area contributed by atoms with Gasteiger partial charge in [0.25, 0.3) is 0 Å². The highest BCUT2D eigenvalue weighted by molar-refractivity contribution is 5.51. The number of allylic oxidation sites excluding steroid dienone is 4. The van der Waals surface area contributed by atoms with Crippen LogP contribution in [0.15, 0.2) is 54.6 Å². The van der Waals surface area contributed by atoms with Crippen molar-refractivity contribution in [1.82, 2.24) is 0 Å². The average molecular weight is 184 g/mol. The van der Waals surface area contributed by atoms with Crippen molar-refractivity contribution >= 4 is 6.08 Å². The van der Waals surface area contributed by atoms with Crippen LogP contribution in [0.25, 0.3) is 6.08 Å². The molecule has 0 aliphatic carbocycles. The summed E-state index contributed by atoms with van der Waals surface area (Å²) in [5.74, 6) is 0. The van der Waals surface area contributed by atoms with Crippen LogP contribution in [0.3, 0.4) is 0 Å². The predicted molar refractivity (Wildman–Crippen MR) is 64.2 cm³/mol. The van der Waals surface area contributed by atoms with E-state index in [0.717, 1.165) is 5.57 Å². The lowest BCUT2D eigenvalue weighted by Crippen LogP contribution is -1.72. The van der Waals surface area contributed by atoms with Crippen LogP contribution in [-0.2, 0) is 0 Å². The first-order chi connectivity index (χ1) is 6.68. The van der Waals surface area contributed by atoms with Crippen LogP contribution in [-0.4, -0.2) is 0 Å². The average Bonchev–Trinajstić information content (AvgIpc) is 2.15. The SMILES string of the molecule is C=C(C)/C=C/C=C/c1ccc(C)cc1. The second kappa shape index (κ2) is 5.23. The Hall–Kier alpha value is -1.56. The van der Waals surface area contributed by atoms with E-state index in [4.69, 9.17) is 0 Å². The molecule has 0 heteroatoms. The Labute approximate surface area is 86.3 Å². The summed E-state index contributed by atoms with van der Waals surface area (Å²) in [4.78, 5) is 0. The Morgan fingerprint density at radius 3 is 2.36 bits per heavy atom. The van der Waals surface area contributed by atoms with Gasteiger partial charge in [0, 0.05) is 0 Å². The molecule has 0 aromatic heterocycles. The molecule has 0 radical (unpaired) electrons. The van der Waals surface area contributed by atoms with Crippen molar-refractivity contribution in [2.24, 2.45) is 0 Å². The quantitative estimate of drug-likeness (QED) is 0.619. The summed E-state index contributed by atoms with van der Waals surface area (Å²) in [6, 6.07) is 8.45. The van der Waals surface area contributed by atoms with Crippen LogP contribution < -0.4 is 0 Å². The van der Waals surface area contributed by atoms with E-state index >= 15 is 0 Å². The smallest absolute Gasteiger partial charge is 0.0256 e. The number of hydrogen-bond acceptors (Lipinski definition) is 0. The molecule has 0 unspecified atom stereocenters. The van der Waals surface area contributed by atoms with Crippen molar-refractivity contribution in [1.29, 1.82) is 0 Å².